The molecule has 2 rings (SSSR count). The number of ether oxygens (including phenoxy) is 2. The molecule has 1 aliphatic rings. The lowest BCUT2D eigenvalue weighted by Crippen LogP contribution is -2.43. The molecule has 0 unspecified atom stereocenters. The van der Waals surface area contributed by atoms with Gasteiger partial charge in [0, 0.05) is 20.1 Å². The molecule has 0 spiro atoms. The fourth-order valence-corrected chi connectivity index (χ4v) is 3.77. The molecule has 1 aromatic carbocycles. The van der Waals surface area contributed by atoms with Crippen LogP contribution in [0.1, 0.15) is 45.6 Å². The van der Waals surface area contributed by atoms with Gasteiger partial charge in [0.2, 0.25) is 0 Å². The Morgan fingerprint density at radius 3 is 2.45 bits per heavy atom. The fourth-order valence-electron chi connectivity index (χ4n) is 3.77. The van der Waals surface area contributed by atoms with Gasteiger partial charge < -0.3 is 25.0 Å². The average molecular weight is 405 g/mol. The largest absolute Gasteiger partial charge is 0.490 e. The topological polar surface area (TPSA) is 58.1 Å². The zero-order chi connectivity index (χ0) is 20.9. The third-order valence-corrected chi connectivity index (χ3v) is 5.34. The Labute approximate surface area is 177 Å². The first-order valence-electron chi connectivity index (χ1n) is 11.2. The molecular weight excluding hydrogens is 364 g/mol. The van der Waals surface area contributed by atoms with Crippen LogP contribution in [0.5, 0.6) is 11.5 Å². The summed E-state index contributed by atoms with van der Waals surface area (Å²) in [7, 11) is 1.84. The molecule has 0 atom stereocenters. The van der Waals surface area contributed by atoms with Crippen LogP contribution in [0.15, 0.2) is 23.2 Å². The quantitative estimate of drug-likeness (QED) is 0.438. The first-order valence-corrected chi connectivity index (χ1v) is 11.2. The van der Waals surface area contributed by atoms with Crippen molar-refractivity contribution < 1.29 is 9.47 Å². The van der Waals surface area contributed by atoms with Gasteiger partial charge in [0.25, 0.3) is 0 Å². The Kier molecular flexibility index (Phi) is 10.7. The van der Waals surface area contributed by atoms with E-state index in [4.69, 9.17) is 9.47 Å². The third-order valence-electron chi connectivity index (χ3n) is 5.34. The minimum atomic E-state index is 0.635. The van der Waals surface area contributed by atoms with Crippen LogP contribution in [-0.4, -0.2) is 63.8 Å². The summed E-state index contributed by atoms with van der Waals surface area (Å²) in [5.41, 5.74) is 1.23. The monoisotopic (exact) mass is 404 g/mol. The smallest absolute Gasteiger partial charge is 0.190 e. The molecule has 0 aromatic heterocycles. The Hall–Kier alpha value is -1.95. The molecule has 0 aliphatic carbocycles. The van der Waals surface area contributed by atoms with E-state index in [1.165, 1.54) is 44.5 Å². The van der Waals surface area contributed by atoms with Crippen molar-refractivity contribution in [3.63, 3.8) is 0 Å². The summed E-state index contributed by atoms with van der Waals surface area (Å²) in [6, 6.07) is 6.19. The third kappa shape index (κ3) is 8.13. The van der Waals surface area contributed by atoms with Crippen molar-refractivity contribution in [3.05, 3.63) is 23.8 Å². The van der Waals surface area contributed by atoms with E-state index in [9.17, 15) is 0 Å². The van der Waals surface area contributed by atoms with E-state index in [0.717, 1.165) is 42.9 Å². The summed E-state index contributed by atoms with van der Waals surface area (Å²) in [6.07, 6.45) is 4.70. The van der Waals surface area contributed by atoms with Gasteiger partial charge in [-0.1, -0.05) is 13.0 Å². The summed E-state index contributed by atoms with van der Waals surface area (Å²) in [4.78, 5) is 6.95. The van der Waals surface area contributed by atoms with E-state index in [0.29, 0.717) is 13.2 Å². The number of hydrogen-bond acceptors (Lipinski definition) is 4. The van der Waals surface area contributed by atoms with Gasteiger partial charge in [0.05, 0.1) is 13.2 Å². The number of aliphatic imine (C=N–C) groups is 1. The van der Waals surface area contributed by atoms with Crippen molar-refractivity contribution in [2.24, 2.45) is 10.9 Å². The molecule has 1 fully saturated rings. The Morgan fingerprint density at radius 1 is 1.07 bits per heavy atom. The second kappa shape index (κ2) is 13.3. The maximum Gasteiger partial charge on any atom is 0.190 e. The Morgan fingerprint density at radius 2 is 1.79 bits per heavy atom. The molecule has 6 heteroatoms. The lowest BCUT2D eigenvalue weighted by atomic mass is 9.97. The number of hydrogen-bond donors (Lipinski definition) is 2. The molecule has 0 bridgehead atoms. The van der Waals surface area contributed by atoms with Gasteiger partial charge in [-0.05, 0) is 82.8 Å². The van der Waals surface area contributed by atoms with E-state index in [1.54, 1.807) is 0 Å². The number of rotatable bonds is 11. The highest BCUT2D eigenvalue weighted by Gasteiger charge is 2.18. The van der Waals surface area contributed by atoms with Crippen molar-refractivity contribution in [2.45, 2.75) is 46.5 Å². The van der Waals surface area contributed by atoms with Gasteiger partial charge in [-0.25, -0.2) is 0 Å². The first-order chi connectivity index (χ1) is 14.2. The highest BCUT2D eigenvalue weighted by Crippen LogP contribution is 2.28. The second-order valence-electron chi connectivity index (χ2n) is 7.56. The van der Waals surface area contributed by atoms with E-state index in [2.05, 4.69) is 39.6 Å². The van der Waals surface area contributed by atoms with Crippen molar-refractivity contribution in [3.8, 4) is 11.5 Å². The van der Waals surface area contributed by atoms with Gasteiger partial charge in [-0.2, -0.15) is 0 Å². The summed E-state index contributed by atoms with van der Waals surface area (Å²) in [5, 5.41) is 6.94. The van der Waals surface area contributed by atoms with Gasteiger partial charge in [-0.15, -0.1) is 0 Å². The molecule has 1 saturated heterocycles. The molecule has 0 saturated carbocycles. The summed E-state index contributed by atoms with van der Waals surface area (Å²) < 4.78 is 11.4. The SMILES string of the molecule is CCCN1CCC(CNC(=NC)NCCc2ccc(OCC)c(OCC)c2)CC1. The standard InChI is InChI=1S/C23H40N4O2/c1-5-14-27-15-11-20(12-16-27)18-26-23(24-4)25-13-10-19-8-9-21(28-6-2)22(17-19)29-7-3/h8-9,17,20H,5-7,10-16,18H2,1-4H3,(H2,24,25,26). The van der Waals surface area contributed by atoms with E-state index < -0.39 is 0 Å². The molecular formula is C23H40N4O2. The molecule has 164 valence electrons. The highest BCUT2D eigenvalue weighted by molar-refractivity contribution is 5.79. The van der Waals surface area contributed by atoms with Crippen LogP contribution in [0.3, 0.4) is 0 Å². The molecule has 6 nitrogen and oxygen atoms in total. The molecule has 1 heterocycles. The molecule has 29 heavy (non-hydrogen) atoms. The first kappa shape index (κ1) is 23.3. The Bertz CT molecular complexity index is 613. The zero-order valence-corrected chi connectivity index (χ0v) is 18.8. The average Bonchev–Trinajstić information content (AvgIpc) is 2.74. The van der Waals surface area contributed by atoms with Gasteiger partial charge in [0.15, 0.2) is 17.5 Å². The van der Waals surface area contributed by atoms with E-state index >= 15 is 0 Å². The van der Waals surface area contributed by atoms with Gasteiger partial charge >= 0.3 is 0 Å². The molecule has 0 radical (unpaired) electrons. The number of guanidine groups is 1. The normalized spacial score (nSPS) is 15.9. The minimum Gasteiger partial charge on any atom is -0.490 e. The van der Waals surface area contributed by atoms with E-state index in [-0.39, 0.29) is 0 Å². The van der Waals surface area contributed by atoms with Crippen LogP contribution in [-0.2, 0) is 6.42 Å². The van der Waals surface area contributed by atoms with Crippen molar-refractivity contribution in [1.29, 1.82) is 0 Å². The summed E-state index contributed by atoms with van der Waals surface area (Å²) in [5.74, 6) is 3.26. The predicted octanol–water partition coefficient (Wildman–Crippen LogP) is 3.31. The zero-order valence-electron chi connectivity index (χ0n) is 18.8. The highest BCUT2D eigenvalue weighted by atomic mass is 16.5. The van der Waals surface area contributed by atoms with E-state index in [1.807, 2.05) is 27.0 Å². The number of benzene rings is 1. The second-order valence-corrected chi connectivity index (χ2v) is 7.56. The van der Waals surface area contributed by atoms with Crippen LogP contribution >= 0.6 is 0 Å². The molecule has 1 aromatic rings. The summed E-state index contributed by atoms with van der Waals surface area (Å²) in [6.45, 7) is 13.0. The number of nitrogens with zero attached hydrogens (tertiary/aromatic N) is 2. The number of piperidine rings is 1. The minimum absolute atomic E-state index is 0.635. The maximum absolute atomic E-state index is 5.72. The van der Waals surface area contributed by atoms with Crippen LogP contribution in [0, 0.1) is 5.92 Å². The number of likely N-dealkylation sites (tertiary alicyclic amines) is 1. The lowest BCUT2D eigenvalue weighted by molar-refractivity contribution is 0.185. The van der Waals surface area contributed by atoms with Crippen LogP contribution in [0.2, 0.25) is 0 Å². The molecule has 2 N–H and O–H groups in total. The lowest BCUT2D eigenvalue weighted by Gasteiger charge is -2.32. The Balaban J connectivity index is 1.73. The number of nitrogens with one attached hydrogen (secondary N) is 2. The molecule has 1 aliphatic heterocycles. The fraction of sp³-hybridized carbons (Fsp3) is 0.696. The van der Waals surface area contributed by atoms with Crippen molar-refractivity contribution in [1.82, 2.24) is 15.5 Å². The van der Waals surface area contributed by atoms with Crippen molar-refractivity contribution in [2.75, 3.05) is 53.0 Å². The van der Waals surface area contributed by atoms with Gasteiger partial charge in [-0.3, -0.25) is 4.99 Å². The van der Waals surface area contributed by atoms with Gasteiger partial charge in [0.1, 0.15) is 0 Å². The van der Waals surface area contributed by atoms with Crippen molar-refractivity contribution >= 4 is 5.96 Å². The van der Waals surface area contributed by atoms with Crippen LogP contribution in [0.4, 0.5) is 0 Å². The van der Waals surface area contributed by atoms with Crippen LogP contribution < -0.4 is 20.1 Å². The van der Waals surface area contributed by atoms with Crippen LogP contribution in [0.25, 0.3) is 0 Å². The molecule has 0 amide bonds. The summed E-state index contributed by atoms with van der Waals surface area (Å²) >= 11 is 0. The predicted molar refractivity (Wildman–Crippen MR) is 121 cm³/mol. The maximum atomic E-state index is 5.72.